The molecule has 1 saturated heterocycles. The molecule has 1 heterocycles. The third-order valence-electron chi connectivity index (χ3n) is 8.86. The molecule has 29 heavy (non-hydrogen) atoms. The molecule has 0 amide bonds. The molecular formula is C25H38N2O2. The number of methoxy groups -OCH3 is 1. The van der Waals surface area contributed by atoms with Crippen molar-refractivity contribution in [3.05, 3.63) is 29.3 Å². The van der Waals surface area contributed by atoms with Crippen LogP contribution in [0.5, 0.6) is 5.75 Å². The van der Waals surface area contributed by atoms with Crippen molar-refractivity contribution in [1.82, 2.24) is 10.2 Å². The maximum atomic E-state index is 5.49. The predicted molar refractivity (Wildman–Crippen MR) is 117 cm³/mol. The van der Waals surface area contributed by atoms with Gasteiger partial charge in [-0.25, -0.2) is 0 Å². The van der Waals surface area contributed by atoms with Gasteiger partial charge >= 0.3 is 0 Å². The molecule has 0 unspecified atom stereocenters. The van der Waals surface area contributed by atoms with Gasteiger partial charge in [0, 0.05) is 32.2 Å². The Bertz CT molecular complexity index is 717. The highest BCUT2D eigenvalue weighted by Gasteiger charge is 2.54. The van der Waals surface area contributed by atoms with Gasteiger partial charge in [-0.05, 0) is 85.0 Å². The molecule has 0 radical (unpaired) electrons. The van der Waals surface area contributed by atoms with E-state index in [-0.39, 0.29) is 0 Å². The van der Waals surface area contributed by atoms with E-state index in [0.29, 0.717) is 11.5 Å². The first-order valence-electron chi connectivity index (χ1n) is 11.9. The summed E-state index contributed by atoms with van der Waals surface area (Å²) >= 11 is 0. The second-order valence-electron chi connectivity index (χ2n) is 10.1. The molecule has 0 bridgehead atoms. The van der Waals surface area contributed by atoms with Crippen molar-refractivity contribution in [2.24, 2.45) is 17.3 Å². The van der Waals surface area contributed by atoms with Crippen molar-refractivity contribution in [3.8, 4) is 5.75 Å². The van der Waals surface area contributed by atoms with E-state index in [9.17, 15) is 0 Å². The zero-order chi connectivity index (χ0) is 19.8. The summed E-state index contributed by atoms with van der Waals surface area (Å²) in [6, 6.07) is 7.55. The van der Waals surface area contributed by atoms with Crippen molar-refractivity contribution in [2.45, 2.75) is 57.4 Å². The van der Waals surface area contributed by atoms with Gasteiger partial charge in [-0.15, -0.1) is 0 Å². The van der Waals surface area contributed by atoms with Crippen LogP contribution < -0.4 is 10.1 Å². The van der Waals surface area contributed by atoms with Crippen LogP contribution in [0.4, 0.5) is 0 Å². The lowest BCUT2D eigenvalue weighted by atomic mass is 9.55. The molecule has 1 aliphatic heterocycles. The number of aryl methyl sites for hydroxylation is 1. The molecule has 0 aromatic heterocycles. The molecule has 3 aliphatic carbocycles. The fourth-order valence-electron chi connectivity index (χ4n) is 7.24. The van der Waals surface area contributed by atoms with Gasteiger partial charge in [-0.1, -0.05) is 13.0 Å². The standard InChI is InChI=1S/C25H38N2O2/c1-25-10-9-21-20-6-4-19(28-2)17-18(20)3-5-22(21)23(25)7-8-24(25)26-11-12-27-13-15-29-16-14-27/h4,6,17,21-24,26H,3,5,7-16H2,1-2H3/t21-,22-,23+,24+,25+/m1/s1. The zero-order valence-electron chi connectivity index (χ0n) is 18.3. The number of nitrogens with one attached hydrogen (secondary N) is 1. The first-order chi connectivity index (χ1) is 14.2. The molecule has 0 spiro atoms. The van der Waals surface area contributed by atoms with Crippen LogP contribution in [0, 0.1) is 17.3 Å². The van der Waals surface area contributed by atoms with Gasteiger partial charge in [0.2, 0.25) is 0 Å². The lowest BCUT2D eigenvalue weighted by molar-refractivity contribution is 0.0306. The fraction of sp³-hybridized carbons (Fsp3) is 0.760. The third-order valence-corrected chi connectivity index (χ3v) is 8.86. The van der Waals surface area contributed by atoms with Gasteiger partial charge in [0.15, 0.2) is 0 Å². The Hall–Kier alpha value is -1.10. The molecule has 2 saturated carbocycles. The summed E-state index contributed by atoms with van der Waals surface area (Å²) < 4.78 is 11.0. The highest BCUT2D eigenvalue weighted by atomic mass is 16.5. The highest BCUT2D eigenvalue weighted by molar-refractivity contribution is 5.40. The second-order valence-corrected chi connectivity index (χ2v) is 10.1. The lowest BCUT2D eigenvalue weighted by Crippen LogP contribution is -2.50. The minimum atomic E-state index is 0.482. The number of hydrogen-bond donors (Lipinski definition) is 1. The Morgan fingerprint density at radius 2 is 2.03 bits per heavy atom. The molecule has 5 rings (SSSR count). The summed E-state index contributed by atoms with van der Waals surface area (Å²) in [4.78, 5) is 2.55. The van der Waals surface area contributed by atoms with Gasteiger partial charge < -0.3 is 14.8 Å². The highest BCUT2D eigenvalue weighted by Crippen LogP contribution is 2.60. The van der Waals surface area contributed by atoms with Crippen LogP contribution in [0.1, 0.15) is 56.1 Å². The van der Waals surface area contributed by atoms with E-state index in [4.69, 9.17) is 9.47 Å². The van der Waals surface area contributed by atoms with Crippen LogP contribution >= 0.6 is 0 Å². The molecular weight excluding hydrogens is 360 g/mol. The third kappa shape index (κ3) is 3.62. The van der Waals surface area contributed by atoms with Crippen molar-refractivity contribution in [1.29, 1.82) is 0 Å². The monoisotopic (exact) mass is 398 g/mol. The van der Waals surface area contributed by atoms with E-state index >= 15 is 0 Å². The quantitative estimate of drug-likeness (QED) is 0.817. The minimum absolute atomic E-state index is 0.482. The molecule has 4 aliphatic rings. The Morgan fingerprint density at radius 1 is 1.17 bits per heavy atom. The number of hydrogen-bond acceptors (Lipinski definition) is 4. The molecule has 4 heteroatoms. The van der Waals surface area contributed by atoms with Crippen LogP contribution in [0.25, 0.3) is 0 Å². The minimum Gasteiger partial charge on any atom is -0.497 e. The van der Waals surface area contributed by atoms with Gasteiger partial charge in [0.1, 0.15) is 5.75 Å². The first-order valence-corrected chi connectivity index (χ1v) is 11.9. The zero-order valence-corrected chi connectivity index (χ0v) is 18.3. The predicted octanol–water partition coefficient (Wildman–Crippen LogP) is 3.84. The normalized spacial score (nSPS) is 36.9. The van der Waals surface area contributed by atoms with Crippen LogP contribution in [0.2, 0.25) is 0 Å². The van der Waals surface area contributed by atoms with Crippen molar-refractivity contribution in [2.75, 3.05) is 46.5 Å². The summed E-state index contributed by atoms with van der Waals surface area (Å²) in [6.07, 6.45) is 8.11. The number of rotatable bonds is 5. The fourth-order valence-corrected chi connectivity index (χ4v) is 7.24. The molecule has 4 nitrogen and oxygen atoms in total. The van der Waals surface area contributed by atoms with Crippen LogP contribution in [-0.2, 0) is 11.2 Å². The van der Waals surface area contributed by atoms with Crippen LogP contribution in [0.15, 0.2) is 18.2 Å². The lowest BCUT2D eigenvalue weighted by Gasteiger charge is -2.51. The number of nitrogens with zero attached hydrogens (tertiary/aromatic N) is 1. The molecule has 5 atom stereocenters. The Labute approximate surface area is 176 Å². The summed E-state index contributed by atoms with van der Waals surface area (Å²) in [5.74, 6) is 3.56. The van der Waals surface area contributed by atoms with Crippen molar-refractivity contribution >= 4 is 0 Å². The molecule has 1 N–H and O–H groups in total. The van der Waals surface area contributed by atoms with Gasteiger partial charge in [0.25, 0.3) is 0 Å². The maximum Gasteiger partial charge on any atom is 0.119 e. The number of benzene rings is 1. The Balaban J connectivity index is 1.24. The van der Waals surface area contributed by atoms with Gasteiger partial charge in [-0.3, -0.25) is 4.90 Å². The van der Waals surface area contributed by atoms with Gasteiger partial charge in [0.05, 0.1) is 20.3 Å². The van der Waals surface area contributed by atoms with E-state index in [1.54, 1.807) is 18.2 Å². The van der Waals surface area contributed by atoms with Crippen LogP contribution in [-0.4, -0.2) is 57.4 Å². The maximum absolute atomic E-state index is 5.49. The summed E-state index contributed by atoms with van der Waals surface area (Å²) in [5, 5.41) is 4.00. The van der Waals surface area contributed by atoms with E-state index in [0.717, 1.165) is 56.4 Å². The van der Waals surface area contributed by atoms with Gasteiger partial charge in [-0.2, -0.15) is 0 Å². The Kier molecular flexibility index (Phi) is 5.61. The average molecular weight is 399 g/mol. The van der Waals surface area contributed by atoms with E-state index < -0.39 is 0 Å². The molecule has 1 aromatic carbocycles. The summed E-state index contributed by atoms with van der Waals surface area (Å²) in [5.41, 5.74) is 3.66. The summed E-state index contributed by atoms with van der Waals surface area (Å²) in [7, 11) is 1.78. The molecule has 1 aromatic rings. The van der Waals surface area contributed by atoms with E-state index in [1.165, 1.54) is 45.1 Å². The van der Waals surface area contributed by atoms with Crippen LogP contribution in [0.3, 0.4) is 0 Å². The van der Waals surface area contributed by atoms with Crippen molar-refractivity contribution < 1.29 is 9.47 Å². The van der Waals surface area contributed by atoms with Crippen molar-refractivity contribution in [3.63, 3.8) is 0 Å². The summed E-state index contributed by atoms with van der Waals surface area (Å²) in [6.45, 7) is 8.90. The average Bonchev–Trinajstić information content (AvgIpc) is 3.10. The Morgan fingerprint density at radius 3 is 2.86 bits per heavy atom. The topological polar surface area (TPSA) is 33.7 Å². The largest absolute Gasteiger partial charge is 0.497 e. The smallest absolute Gasteiger partial charge is 0.119 e. The van der Waals surface area contributed by atoms with E-state index in [1.807, 2.05) is 0 Å². The second kappa shape index (κ2) is 8.20. The number of morpholine rings is 1. The first kappa shape index (κ1) is 19.8. The number of fused-ring (bicyclic) bond motifs is 5. The molecule has 160 valence electrons. The van der Waals surface area contributed by atoms with E-state index in [2.05, 4.69) is 35.3 Å². The molecule has 3 fully saturated rings. The number of ether oxygens (including phenoxy) is 2. The SMILES string of the molecule is COc1ccc2c(c1)CC[C@@H]1[C@@H]2CC[C@]2(C)[C@@H](NCCN3CCOCC3)CC[C@@H]12.